The third kappa shape index (κ3) is 3.28. The second-order valence-electron chi connectivity index (χ2n) is 3.17. The number of rotatable bonds is 3. The van der Waals surface area contributed by atoms with Crippen molar-refractivity contribution < 1.29 is 9.32 Å². The van der Waals surface area contributed by atoms with Crippen molar-refractivity contribution in [2.75, 3.05) is 5.75 Å². The van der Waals surface area contributed by atoms with Gasteiger partial charge < -0.3 is 5.11 Å². The molecule has 0 aromatic heterocycles. The van der Waals surface area contributed by atoms with Crippen LogP contribution in [-0.4, -0.2) is 21.2 Å². The van der Waals surface area contributed by atoms with Gasteiger partial charge in [-0.15, -0.1) is 0 Å². The minimum absolute atomic E-state index is 0.309. The molecule has 2 atom stereocenters. The van der Waals surface area contributed by atoms with Crippen LogP contribution in [0.1, 0.15) is 12.5 Å². The molecule has 0 aliphatic rings. The van der Waals surface area contributed by atoms with Gasteiger partial charge >= 0.3 is 0 Å². The molecule has 1 rings (SSSR count). The Morgan fingerprint density at radius 2 is 1.92 bits per heavy atom. The molecule has 0 aliphatic carbocycles. The molecule has 1 N–H and O–H groups in total. The molecule has 0 heterocycles. The van der Waals surface area contributed by atoms with Gasteiger partial charge in [-0.2, -0.15) is 0 Å². The summed E-state index contributed by atoms with van der Waals surface area (Å²) in [4.78, 5) is 0.784. The molecule has 2 nitrogen and oxygen atoms in total. The minimum atomic E-state index is -1.07. The fourth-order valence-corrected chi connectivity index (χ4v) is 2.08. The first-order valence-corrected chi connectivity index (χ1v) is 5.54. The third-order valence-electron chi connectivity index (χ3n) is 1.68. The van der Waals surface area contributed by atoms with Crippen molar-refractivity contribution >= 4 is 10.8 Å². The molecule has 1 aromatic carbocycles. The molecule has 13 heavy (non-hydrogen) atoms. The molecular formula is C10H14O2S. The summed E-state index contributed by atoms with van der Waals surface area (Å²) in [5.41, 5.74) is 1.15. The van der Waals surface area contributed by atoms with Gasteiger partial charge in [0.2, 0.25) is 0 Å². The number of hydrogen-bond acceptors (Lipinski definition) is 2. The highest BCUT2D eigenvalue weighted by Gasteiger charge is 2.06. The van der Waals surface area contributed by atoms with Crippen LogP contribution in [0.15, 0.2) is 29.2 Å². The quantitative estimate of drug-likeness (QED) is 0.799. The van der Waals surface area contributed by atoms with Crippen LogP contribution in [0.2, 0.25) is 0 Å². The van der Waals surface area contributed by atoms with E-state index in [1.807, 2.05) is 31.2 Å². The lowest BCUT2D eigenvalue weighted by molar-refractivity contribution is 0.219. The molecule has 0 amide bonds. The molecule has 0 bridgehead atoms. The summed E-state index contributed by atoms with van der Waals surface area (Å²) in [6.07, 6.45) is -0.512. The van der Waals surface area contributed by atoms with E-state index in [0.717, 1.165) is 10.5 Å². The van der Waals surface area contributed by atoms with Crippen LogP contribution < -0.4 is 0 Å². The lowest BCUT2D eigenvalue weighted by Gasteiger charge is -2.04. The fourth-order valence-electron chi connectivity index (χ4n) is 1.01. The van der Waals surface area contributed by atoms with Crippen molar-refractivity contribution in [1.82, 2.24) is 0 Å². The third-order valence-corrected chi connectivity index (χ3v) is 3.26. The zero-order chi connectivity index (χ0) is 9.84. The van der Waals surface area contributed by atoms with E-state index in [-0.39, 0.29) is 0 Å². The van der Waals surface area contributed by atoms with Gasteiger partial charge in [0.05, 0.1) is 22.7 Å². The summed E-state index contributed by atoms with van der Waals surface area (Å²) < 4.78 is 11.5. The maximum atomic E-state index is 11.5. The van der Waals surface area contributed by atoms with Crippen LogP contribution in [0, 0.1) is 6.92 Å². The Kier molecular flexibility index (Phi) is 3.63. The van der Waals surface area contributed by atoms with Gasteiger partial charge in [-0.3, -0.25) is 4.21 Å². The van der Waals surface area contributed by atoms with Crippen molar-refractivity contribution in [1.29, 1.82) is 0 Å². The Hall–Kier alpha value is -0.670. The number of aliphatic hydroxyl groups excluding tert-OH is 1. The van der Waals surface area contributed by atoms with E-state index in [1.54, 1.807) is 6.92 Å². The minimum Gasteiger partial charge on any atom is -0.392 e. The average Bonchev–Trinajstić information content (AvgIpc) is 2.04. The standard InChI is InChI=1S/C10H14O2S/c1-8-3-5-10(6-4-8)13(12)7-9(2)11/h3-6,9,11H,7H2,1-2H3/t9-,13-/m1/s1. The molecule has 0 saturated carbocycles. The van der Waals surface area contributed by atoms with E-state index < -0.39 is 16.9 Å². The topological polar surface area (TPSA) is 37.3 Å². The van der Waals surface area contributed by atoms with Crippen molar-refractivity contribution in [2.45, 2.75) is 24.8 Å². The summed E-state index contributed by atoms with van der Waals surface area (Å²) in [5, 5.41) is 9.05. The van der Waals surface area contributed by atoms with Gasteiger partial charge in [-0.1, -0.05) is 17.7 Å². The molecule has 1 aromatic rings. The van der Waals surface area contributed by atoms with Crippen molar-refractivity contribution in [3.8, 4) is 0 Å². The van der Waals surface area contributed by atoms with Gasteiger partial charge in [0.1, 0.15) is 0 Å². The predicted molar refractivity (Wildman–Crippen MR) is 54.1 cm³/mol. The van der Waals surface area contributed by atoms with Crippen molar-refractivity contribution in [3.05, 3.63) is 29.8 Å². The first-order valence-electron chi connectivity index (χ1n) is 4.22. The summed E-state index contributed by atoms with van der Waals surface area (Å²) in [7, 11) is -1.07. The van der Waals surface area contributed by atoms with E-state index in [4.69, 9.17) is 5.11 Å². The highest BCUT2D eigenvalue weighted by Crippen LogP contribution is 2.08. The number of hydrogen-bond donors (Lipinski definition) is 1. The molecular weight excluding hydrogens is 184 g/mol. The SMILES string of the molecule is Cc1ccc([S@](=O)C[C@@H](C)O)cc1. The second-order valence-corrected chi connectivity index (χ2v) is 4.67. The molecule has 72 valence electrons. The zero-order valence-corrected chi connectivity index (χ0v) is 8.67. The van der Waals surface area contributed by atoms with Crippen LogP contribution in [0.25, 0.3) is 0 Å². The zero-order valence-electron chi connectivity index (χ0n) is 7.86. The van der Waals surface area contributed by atoms with Crippen molar-refractivity contribution in [3.63, 3.8) is 0 Å². The van der Waals surface area contributed by atoms with Gasteiger partial charge in [0, 0.05) is 4.90 Å². The summed E-state index contributed by atoms with van der Waals surface area (Å²) in [5.74, 6) is 0.309. The molecule has 3 heteroatoms. The normalized spacial score (nSPS) is 15.3. The van der Waals surface area contributed by atoms with Crippen LogP contribution in [-0.2, 0) is 10.8 Å². The molecule has 0 aliphatic heterocycles. The smallest absolute Gasteiger partial charge is 0.0630 e. The van der Waals surface area contributed by atoms with Gasteiger partial charge in [0.25, 0.3) is 0 Å². The first-order chi connectivity index (χ1) is 6.09. The van der Waals surface area contributed by atoms with Crippen LogP contribution in [0.5, 0.6) is 0 Å². The maximum Gasteiger partial charge on any atom is 0.0630 e. The van der Waals surface area contributed by atoms with Crippen LogP contribution >= 0.6 is 0 Å². The Morgan fingerprint density at radius 1 is 1.38 bits per heavy atom. The second kappa shape index (κ2) is 4.53. The summed E-state index contributed by atoms with van der Waals surface area (Å²) >= 11 is 0. The van der Waals surface area contributed by atoms with Crippen LogP contribution in [0.3, 0.4) is 0 Å². The van der Waals surface area contributed by atoms with Crippen molar-refractivity contribution in [2.24, 2.45) is 0 Å². The number of benzene rings is 1. The van der Waals surface area contributed by atoms with Crippen LogP contribution in [0.4, 0.5) is 0 Å². The highest BCUT2D eigenvalue weighted by molar-refractivity contribution is 7.85. The Bertz CT molecular complexity index is 290. The molecule has 0 unspecified atom stereocenters. The van der Waals surface area contributed by atoms with E-state index >= 15 is 0 Å². The van der Waals surface area contributed by atoms with E-state index in [0.29, 0.717) is 5.75 Å². The summed E-state index contributed by atoms with van der Waals surface area (Å²) in [6, 6.07) is 7.53. The maximum absolute atomic E-state index is 11.5. The first kappa shape index (κ1) is 10.4. The summed E-state index contributed by atoms with van der Waals surface area (Å²) in [6.45, 7) is 3.63. The molecule has 0 saturated heterocycles. The monoisotopic (exact) mass is 198 g/mol. The molecule has 0 fully saturated rings. The molecule has 0 spiro atoms. The van der Waals surface area contributed by atoms with E-state index in [9.17, 15) is 4.21 Å². The Labute approximate surface area is 81.1 Å². The average molecular weight is 198 g/mol. The fraction of sp³-hybridized carbons (Fsp3) is 0.400. The van der Waals surface area contributed by atoms with Gasteiger partial charge in [-0.25, -0.2) is 0 Å². The highest BCUT2D eigenvalue weighted by atomic mass is 32.2. The van der Waals surface area contributed by atoms with E-state index in [2.05, 4.69) is 0 Å². The predicted octanol–water partition coefficient (Wildman–Crippen LogP) is 1.48. The van der Waals surface area contributed by atoms with Gasteiger partial charge in [-0.05, 0) is 26.0 Å². The number of aryl methyl sites for hydroxylation is 1. The molecule has 0 radical (unpaired) electrons. The number of aliphatic hydroxyl groups is 1. The lowest BCUT2D eigenvalue weighted by Crippen LogP contribution is -2.12. The Morgan fingerprint density at radius 3 is 2.38 bits per heavy atom. The Balaban J connectivity index is 2.72. The van der Waals surface area contributed by atoms with E-state index in [1.165, 1.54) is 0 Å². The largest absolute Gasteiger partial charge is 0.392 e. The van der Waals surface area contributed by atoms with Gasteiger partial charge in [0.15, 0.2) is 0 Å². The lowest BCUT2D eigenvalue weighted by atomic mass is 10.2.